The minimum absolute atomic E-state index is 0.237. The third-order valence-corrected chi connectivity index (χ3v) is 5.54. The molecule has 2 nitrogen and oxygen atoms in total. The summed E-state index contributed by atoms with van der Waals surface area (Å²) in [6.07, 6.45) is 1.34. The zero-order valence-electron chi connectivity index (χ0n) is 12.0. The smallest absolute Gasteiger partial charge is 0.0305 e. The molecule has 1 aliphatic carbocycles. The van der Waals surface area contributed by atoms with Gasteiger partial charge in [-0.1, -0.05) is 27.7 Å². The Morgan fingerprint density at radius 3 is 2.12 bits per heavy atom. The zero-order valence-corrected chi connectivity index (χ0v) is 12.0. The minimum atomic E-state index is 0.237. The molecule has 1 aliphatic heterocycles. The first-order chi connectivity index (χ1) is 7.08. The SMILES string of the molecule is CC(C)(C)N1CCC2C(N1)C(C)(C)C2(C)C. The molecule has 1 N–H and O–H groups in total. The zero-order chi connectivity index (χ0) is 12.4. The van der Waals surface area contributed by atoms with E-state index < -0.39 is 0 Å². The first kappa shape index (κ1) is 12.4. The highest BCUT2D eigenvalue weighted by atomic mass is 15.6. The highest BCUT2D eigenvalue weighted by molar-refractivity contribution is 5.14. The summed E-state index contributed by atoms with van der Waals surface area (Å²) >= 11 is 0. The topological polar surface area (TPSA) is 15.3 Å². The number of hydrogen-bond acceptors (Lipinski definition) is 2. The van der Waals surface area contributed by atoms with Crippen LogP contribution in [0.4, 0.5) is 0 Å². The number of fused-ring (bicyclic) bond motifs is 1. The van der Waals surface area contributed by atoms with Crippen LogP contribution >= 0.6 is 0 Å². The maximum Gasteiger partial charge on any atom is 0.0305 e. The van der Waals surface area contributed by atoms with E-state index in [4.69, 9.17) is 0 Å². The van der Waals surface area contributed by atoms with E-state index in [-0.39, 0.29) is 5.54 Å². The normalized spacial score (nSPS) is 37.7. The minimum Gasteiger partial charge on any atom is -0.251 e. The lowest BCUT2D eigenvalue weighted by Crippen LogP contribution is -2.76. The highest BCUT2D eigenvalue weighted by Gasteiger charge is 2.63. The predicted molar refractivity (Wildman–Crippen MR) is 69.1 cm³/mol. The lowest BCUT2D eigenvalue weighted by molar-refractivity contribution is -0.197. The van der Waals surface area contributed by atoms with Gasteiger partial charge in [0.2, 0.25) is 0 Å². The van der Waals surface area contributed by atoms with Gasteiger partial charge < -0.3 is 0 Å². The maximum atomic E-state index is 3.77. The average molecular weight is 224 g/mol. The van der Waals surface area contributed by atoms with Crippen molar-refractivity contribution < 1.29 is 0 Å². The average Bonchev–Trinajstić information content (AvgIpc) is 2.15. The van der Waals surface area contributed by atoms with Gasteiger partial charge in [0.15, 0.2) is 0 Å². The molecule has 0 radical (unpaired) electrons. The largest absolute Gasteiger partial charge is 0.251 e. The van der Waals surface area contributed by atoms with Crippen LogP contribution in [0.1, 0.15) is 54.9 Å². The van der Waals surface area contributed by atoms with Gasteiger partial charge in [-0.15, -0.1) is 0 Å². The Bertz CT molecular complexity index is 286. The second-order valence-electron chi connectivity index (χ2n) is 7.77. The van der Waals surface area contributed by atoms with Crippen LogP contribution in [-0.4, -0.2) is 23.1 Å². The van der Waals surface area contributed by atoms with Crippen molar-refractivity contribution in [1.29, 1.82) is 0 Å². The highest BCUT2D eigenvalue weighted by Crippen LogP contribution is 2.62. The van der Waals surface area contributed by atoms with Crippen LogP contribution < -0.4 is 5.43 Å². The summed E-state index contributed by atoms with van der Waals surface area (Å²) in [5.74, 6) is 0.848. The summed E-state index contributed by atoms with van der Waals surface area (Å²) < 4.78 is 0. The summed E-state index contributed by atoms with van der Waals surface area (Å²) in [6.45, 7) is 17.7. The van der Waals surface area contributed by atoms with Crippen molar-refractivity contribution in [1.82, 2.24) is 10.4 Å². The van der Waals surface area contributed by atoms with E-state index in [1.807, 2.05) is 0 Å². The molecule has 2 heteroatoms. The quantitative estimate of drug-likeness (QED) is 0.680. The fourth-order valence-corrected chi connectivity index (χ4v) is 3.51. The van der Waals surface area contributed by atoms with E-state index in [0.717, 1.165) is 5.92 Å². The first-order valence-corrected chi connectivity index (χ1v) is 6.62. The van der Waals surface area contributed by atoms with Gasteiger partial charge in [0.25, 0.3) is 0 Å². The van der Waals surface area contributed by atoms with E-state index in [0.29, 0.717) is 16.9 Å². The number of nitrogens with zero attached hydrogens (tertiary/aromatic N) is 1. The van der Waals surface area contributed by atoms with Gasteiger partial charge in [-0.25, -0.2) is 5.01 Å². The fourth-order valence-electron chi connectivity index (χ4n) is 3.51. The van der Waals surface area contributed by atoms with E-state index in [1.54, 1.807) is 0 Å². The lowest BCUT2D eigenvalue weighted by Gasteiger charge is -2.69. The summed E-state index contributed by atoms with van der Waals surface area (Å²) in [6, 6.07) is 0.662. The van der Waals surface area contributed by atoms with E-state index in [9.17, 15) is 0 Å². The Balaban J connectivity index is 2.13. The van der Waals surface area contributed by atoms with Crippen molar-refractivity contribution in [3.63, 3.8) is 0 Å². The van der Waals surface area contributed by atoms with Crippen molar-refractivity contribution in [2.45, 2.75) is 66.5 Å². The molecule has 2 unspecified atom stereocenters. The van der Waals surface area contributed by atoms with Gasteiger partial charge in [0.1, 0.15) is 0 Å². The Morgan fingerprint density at radius 2 is 1.62 bits per heavy atom. The molecule has 2 fully saturated rings. The van der Waals surface area contributed by atoms with Crippen LogP contribution in [0.2, 0.25) is 0 Å². The van der Waals surface area contributed by atoms with Gasteiger partial charge in [-0.3, -0.25) is 5.43 Å². The van der Waals surface area contributed by atoms with Gasteiger partial charge in [0.05, 0.1) is 0 Å². The maximum absolute atomic E-state index is 3.77. The Labute approximate surface area is 101 Å². The third-order valence-electron chi connectivity index (χ3n) is 5.54. The molecule has 0 bridgehead atoms. The number of nitrogens with one attached hydrogen (secondary N) is 1. The molecule has 16 heavy (non-hydrogen) atoms. The van der Waals surface area contributed by atoms with Crippen LogP contribution in [-0.2, 0) is 0 Å². The van der Waals surface area contributed by atoms with Crippen LogP contribution in [0.25, 0.3) is 0 Å². The van der Waals surface area contributed by atoms with Gasteiger partial charge in [0, 0.05) is 18.1 Å². The molecule has 1 saturated heterocycles. The molecule has 1 heterocycles. The summed E-state index contributed by atoms with van der Waals surface area (Å²) in [5, 5.41) is 2.44. The van der Waals surface area contributed by atoms with Gasteiger partial charge in [-0.2, -0.15) is 0 Å². The van der Waals surface area contributed by atoms with E-state index >= 15 is 0 Å². The molecular weight excluding hydrogens is 196 g/mol. The predicted octanol–water partition coefficient (Wildman–Crippen LogP) is 3.05. The van der Waals surface area contributed by atoms with Gasteiger partial charge >= 0.3 is 0 Å². The molecule has 0 aromatic rings. The van der Waals surface area contributed by atoms with Crippen LogP contribution in [0.5, 0.6) is 0 Å². The van der Waals surface area contributed by atoms with E-state index in [2.05, 4.69) is 58.9 Å². The second-order valence-corrected chi connectivity index (χ2v) is 7.77. The summed E-state index contributed by atoms with van der Waals surface area (Å²) in [5.41, 5.74) is 4.89. The van der Waals surface area contributed by atoms with E-state index in [1.165, 1.54) is 13.0 Å². The number of hydrogen-bond donors (Lipinski definition) is 1. The number of rotatable bonds is 0. The second kappa shape index (κ2) is 3.23. The van der Waals surface area contributed by atoms with Crippen molar-refractivity contribution in [2.24, 2.45) is 16.7 Å². The molecule has 2 rings (SSSR count). The molecule has 1 saturated carbocycles. The van der Waals surface area contributed by atoms with Crippen LogP contribution in [0, 0.1) is 16.7 Å². The molecular formula is C14H28N2. The molecule has 0 spiro atoms. The third kappa shape index (κ3) is 1.46. The Kier molecular flexibility index (Phi) is 2.50. The fraction of sp³-hybridized carbons (Fsp3) is 1.00. The Hall–Kier alpha value is -0.0800. The van der Waals surface area contributed by atoms with Crippen molar-refractivity contribution in [3.8, 4) is 0 Å². The lowest BCUT2D eigenvalue weighted by atomic mass is 9.42. The molecule has 0 aromatic carbocycles. The summed E-state index contributed by atoms with van der Waals surface area (Å²) in [4.78, 5) is 0. The van der Waals surface area contributed by atoms with Crippen molar-refractivity contribution >= 4 is 0 Å². The monoisotopic (exact) mass is 224 g/mol. The molecule has 2 aliphatic rings. The first-order valence-electron chi connectivity index (χ1n) is 6.62. The van der Waals surface area contributed by atoms with Crippen molar-refractivity contribution in [3.05, 3.63) is 0 Å². The Morgan fingerprint density at radius 1 is 1.06 bits per heavy atom. The molecule has 0 amide bonds. The molecule has 0 aromatic heterocycles. The number of hydrazine groups is 1. The molecule has 2 atom stereocenters. The van der Waals surface area contributed by atoms with Crippen LogP contribution in [0.15, 0.2) is 0 Å². The van der Waals surface area contributed by atoms with Gasteiger partial charge in [-0.05, 0) is 43.9 Å². The van der Waals surface area contributed by atoms with Crippen LogP contribution in [0.3, 0.4) is 0 Å². The standard InChI is InChI=1S/C14H28N2/c1-12(2,3)16-9-8-10-11(15-16)14(6,7)13(10,4)5/h10-11,15H,8-9H2,1-7H3. The van der Waals surface area contributed by atoms with Crippen molar-refractivity contribution in [2.75, 3.05) is 6.54 Å². The molecule has 94 valence electrons. The summed E-state index contributed by atoms with van der Waals surface area (Å²) in [7, 11) is 0.